The molecular weight excluding hydrogens is 256 g/mol. The molecule has 0 radical (unpaired) electrons. The molecular formula is C19H32N2. The number of rotatable bonds is 10. The van der Waals surface area contributed by atoms with E-state index in [0.717, 1.165) is 25.4 Å². The number of hydrogen-bond donors (Lipinski definition) is 1. The van der Waals surface area contributed by atoms with Crippen LogP contribution in [-0.4, -0.2) is 31.1 Å². The summed E-state index contributed by atoms with van der Waals surface area (Å²) in [6.07, 6.45) is 5.25. The highest BCUT2D eigenvalue weighted by atomic mass is 15.2. The van der Waals surface area contributed by atoms with Crippen LogP contribution in [0.25, 0.3) is 0 Å². The maximum Gasteiger partial charge on any atom is 0.0449 e. The first-order valence-electron chi connectivity index (χ1n) is 8.81. The van der Waals surface area contributed by atoms with Crippen molar-refractivity contribution in [3.8, 4) is 0 Å². The molecule has 2 nitrogen and oxygen atoms in total. The fraction of sp³-hybridized carbons (Fsp3) is 0.684. The fourth-order valence-corrected chi connectivity index (χ4v) is 3.02. The zero-order valence-corrected chi connectivity index (χ0v) is 14.1. The molecule has 0 bridgehead atoms. The van der Waals surface area contributed by atoms with E-state index < -0.39 is 0 Å². The van der Waals surface area contributed by atoms with Crippen LogP contribution < -0.4 is 5.32 Å². The van der Waals surface area contributed by atoms with Gasteiger partial charge in [-0.15, -0.1) is 0 Å². The largest absolute Gasteiger partial charge is 0.309 e. The van der Waals surface area contributed by atoms with Gasteiger partial charge in [0.2, 0.25) is 0 Å². The van der Waals surface area contributed by atoms with Crippen LogP contribution in [0.15, 0.2) is 24.3 Å². The zero-order valence-electron chi connectivity index (χ0n) is 14.1. The summed E-state index contributed by atoms with van der Waals surface area (Å²) in [6, 6.07) is 9.65. The van der Waals surface area contributed by atoms with Gasteiger partial charge in [0.25, 0.3) is 0 Å². The molecule has 1 fully saturated rings. The summed E-state index contributed by atoms with van der Waals surface area (Å²) in [6.45, 7) is 11.4. The molecule has 1 unspecified atom stereocenters. The highest BCUT2D eigenvalue weighted by molar-refractivity contribution is 5.25. The summed E-state index contributed by atoms with van der Waals surface area (Å²) in [5.41, 5.74) is 2.86. The molecule has 1 saturated carbocycles. The fourth-order valence-electron chi connectivity index (χ4n) is 3.02. The number of nitrogens with zero attached hydrogens (tertiary/aromatic N) is 1. The second-order valence-electron chi connectivity index (χ2n) is 6.41. The van der Waals surface area contributed by atoms with Gasteiger partial charge in [-0.05, 0) is 55.8 Å². The van der Waals surface area contributed by atoms with Gasteiger partial charge in [0.15, 0.2) is 0 Å². The Kier molecular flexibility index (Phi) is 6.72. The summed E-state index contributed by atoms with van der Waals surface area (Å²) in [4.78, 5) is 2.67. The van der Waals surface area contributed by atoms with E-state index in [1.165, 1.54) is 43.5 Å². The summed E-state index contributed by atoms with van der Waals surface area (Å²) >= 11 is 0. The van der Waals surface area contributed by atoms with Crippen LogP contribution in [0.3, 0.4) is 0 Å². The Bertz CT molecular complexity index is 395. The summed E-state index contributed by atoms with van der Waals surface area (Å²) in [5.74, 6) is 0.973. The van der Waals surface area contributed by atoms with Gasteiger partial charge in [0.05, 0.1) is 0 Å². The molecule has 0 amide bonds. The van der Waals surface area contributed by atoms with E-state index in [0.29, 0.717) is 6.04 Å². The maximum absolute atomic E-state index is 3.68. The second kappa shape index (κ2) is 8.55. The molecule has 1 aromatic rings. The third kappa shape index (κ3) is 5.44. The summed E-state index contributed by atoms with van der Waals surface area (Å²) in [7, 11) is 0. The zero-order chi connectivity index (χ0) is 15.1. The lowest BCUT2D eigenvalue weighted by atomic mass is 10.0. The first-order valence-corrected chi connectivity index (χ1v) is 8.81. The van der Waals surface area contributed by atoms with Crippen molar-refractivity contribution in [1.29, 1.82) is 0 Å². The van der Waals surface area contributed by atoms with E-state index in [1.807, 2.05) is 0 Å². The average Bonchev–Trinajstić information content (AvgIpc) is 3.31. The second-order valence-corrected chi connectivity index (χ2v) is 6.41. The van der Waals surface area contributed by atoms with E-state index >= 15 is 0 Å². The normalized spacial score (nSPS) is 16.4. The lowest BCUT2D eigenvalue weighted by Gasteiger charge is -2.28. The smallest absolute Gasteiger partial charge is 0.0449 e. The van der Waals surface area contributed by atoms with Gasteiger partial charge in [0, 0.05) is 19.1 Å². The predicted octanol–water partition coefficient (Wildman–Crippen LogP) is 4.02. The molecule has 2 rings (SSSR count). The SMILES string of the molecule is CCCN(CC1CC1)CC(NCC)c1ccc(CC)cc1. The van der Waals surface area contributed by atoms with Gasteiger partial charge < -0.3 is 10.2 Å². The standard InChI is InChI=1S/C19H32N2/c1-4-13-21(14-17-7-8-17)15-19(20-6-3)18-11-9-16(5-2)10-12-18/h9-12,17,19-20H,4-8,13-15H2,1-3H3. The van der Waals surface area contributed by atoms with Gasteiger partial charge in [-0.25, -0.2) is 0 Å². The molecule has 21 heavy (non-hydrogen) atoms. The Morgan fingerprint density at radius 2 is 1.86 bits per heavy atom. The van der Waals surface area contributed by atoms with Crippen molar-refractivity contribution in [2.75, 3.05) is 26.2 Å². The molecule has 1 aromatic carbocycles. The Morgan fingerprint density at radius 3 is 2.38 bits per heavy atom. The minimum absolute atomic E-state index is 0.464. The molecule has 0 spiro atoms. The summed E-state index contributed by atoms with van der Waals surface area (Å²) in [5, 5.41) is 3.68. The molecule has 1 aliphatic rings. The van der Waals surface area contributed by atoms with Crippen LogP contribution in [-0.2, 0) is 6.42 Å². The molecule has 2 heteroatoms. The maximum atomic E-state index is 3.68. The van der Waals surface area contributed by atoms with E-state index in [9.17, 15) is 0 Å². The third-order valence-electron chi connectivity index (χ3n) is 4.43. The predicted molar refractivity (Wildman–Crippen MR) is 91.7 cm³/mol. The van der Waals surface area contributed by atoms with Crippen LogP contribution in [0.5, 0.6) is 0 Å². The Morgan fingerprint density at radius 1 is 1.14 bits per heavy atom. The molecule has 0 aliphatic heterocycles. The van der Waals surface area contributed by atoms with E-state index in [4.69, 9.17) is 0 Å². The summed E-state index contributed by atoms with van der Waals surface area (Å²) < 4.78 is 0. The van der Waals surface area contributed by atoms with Crippen molar-refractivity contribution in [3.63, 3.8) is 0 Å². The number of benzene rings is 1. The lowest BCUT2D eigenvalue weighted by molar-refractivity contribution is 0.234. The van der Waals surface area contributed by atoms with Gasteiger partial charge in [-0.2, -0.15) is 0 Å². The van der Waals surface area contributed by atoms with Gasteiger partial charge in [0.1, 0.15) is 0 Å². The van der Waals surface area contributed by atoms with Crippen molar-refractivity contribution < 1.29 is 0 Å². The molecule has 1 atom stereocenters. The third-order valence-corrected chi connectivity index (χ3v) is 4.43. The Labute approximate surface area is 130 Å². The van der Waals surface area contributed by atoms with Crippen LogP contribution >= 0.6 is 0 Å². The van der Waals surface area contributed by atoms with Crippen molar-refractivity contribution in [3.05, 3.63) is 35.4 Å². The minimum atomic E-state index is 0.464. The quantitative estimate of drug-likeness (QED) is 0.699. The number of nitrogens with one attached hydrogen (secondary N) is 1. The molecule has 118 valence electrons. The van der Waals surface area contributed by atoms with Gasteiger partial charge in [-0.1, -0.05) is 45.0 Å². The van der Waals surface area contributed by atoms with Crippen LogP contribution in [0.2, 0.25) is 0 Å². The topological polar surface area (TPSA) is 15.3 Å². The van der Waals surface area contributed by atoms with E-state index in [2.05, 4.69) is 55.3 Å². The highest BCUT2D eigenvalue weighted by Gasteiger charge is 2.25. The molecule has 1 N–H and O–H groups in total. The van der Waals surface area contributed by atoms with Gasteiger partial charge >= 0.3 is 0 Å². The number of aryl methyl sites for hydroxylation is 1. The van der Waals surface area contributed by atoms with Crippen molar-refractivity contribution in [1.82, 2.24) is 10.2 Å². The van der Waals surface area contributed by atoms with Crippen LogP contribution in [0.1, 0.15) is 57.2 Å². The Hall–Kier alpha value is -0.860. The van der Waals surface area contributed by atoms with Gasteiger partial charge in [-0.3, -0.25) is 0 Å². The minimum Gasteiger partial charge on any atom is -0.309 e. The molecule has 0 aromatic heterocycles. The van der Waals surface area contributed by atoms with Crippen LogP contribution in [0, 0.1) is 5.92 Å². The molecule has 0 heterocycles. The van der Waals surface area contributed by atoms with Crippen molar-refractivity contribution in [2.24, 2.45) is 5.92 Å². The number of hydrogen-bond acceptors (Lipinski definition) is 2. The van der Waals surface area contributed by atoms with E-state index in [1.54, 1.807) is 0 Å². The molecule has 1 aliphatic carbocycles. The Balaban J connectivity index is 2.00. The van der Waals surface area contributed by atoms with Crippen LogP contribution in [0.4, 0.5) is 0 Å². The van der Waals surface area contributed by atoms with E-state index in [-0.39, 0.29) is 0 Å². The highest BCUT2D eigenvalue weighted by Crippen LogP contribution is 2.30. The average molecular weight is 288 g/mol. The van der Waals surface area contributed by atoms with Crippen molar-refractivity contribution in [2.45, 2.75) is 52.5 Å². The lowest BCUT2D eigenvalue weighted by Crippen LogP contribution is -2.37. The first kappa shape index (κ1) is 16.5. The monoisotopic (exact) mass is 288 g/mol. The first-order chi connectivity index (χ1) is 10.3. The number of likely N-dealkylation sites (N-methyl/N-ethyl adjacent to an activating group) is 1. The molecule has 0 saturated heterocycles. The van der Waals surface area contributed by atoms with Crippen molar-refractivity contribution >= 4 is 0 Å².